The summed E-state index contributed by atoms with van der Waals surface area (Å²) < 4.78 is 0. The molecule has 2 aromatic carbocycles. The van der Waals surface area contributed by atoms with Crippen molar-refractivity contribution in [1.29, 1.82) is 0 Å². The molecule has 2 N–H and O–H groups in total. The lowest BCUT2D eigenvalue weighted by Crippen LogP contribution is -2.34. The zero-order valence-corrected chi connectivity index (χ0v) is 11.7. The Labute approximate surface area is 122 Å². The Morgan fingerprint density at radius 2 is 1.75 bits per heavy atom. The van der Waals surface area contributed by atoms with Gasteiger partial charge in [-0.25, -0.2) is 4.79 Å². The summed E-state index contributed by atoms with van der Waals surface area (Å²) in [6, 6.07) is 14.9. The number of benzene rings is 2. The van der Waals surface area contributed by atoms with E-state index in [-0.39, 0.29) is 0 Å². The zero-order valence-electron chi connectivity index (χ0n) is 11.0. The van der Waals surface area contributed by atoms with E-state index >= 15 is 0 Å². The van der Waals surface area contributed by atoms with Crippen LogP contribution in [0, 0.1) is 0 Å². The van der Waals surface area contributed by atoms with Crippen molar-refractivity contribution in [1.82, 2.24) is 5.06 Å². The molecule has 0 saturated heterocycles. The summed E-state index contributed by atoms with van der Waals surface area (Å²) in [5.41, 5.74) is 1.42. The highest BCUT2D eigenvalue weighted by molar-refractivity contribution is 6.30. The number of halogens is 1. The quantitative estimate of drug-likeness (QED) is 0.653. The monoisotopic (exact) mass is 290 g/mol. The lowest BCUT2D eigenvalue weighted by Gasteiger charge is -2.23. The first-order valence-electron chi connectivity index (χ1n) is 6.17. The number of amides is 2. The second kappa shape index (κ2) is 6.41. The maximum absolute atomic E-state index is 11.9. The van der Waals surface area contributed by atoms with Crippen LogP contribution in [-0.4, -0.2) is 16.3 Å². The van der Waals surface area contributed by atoms with Gasteiger partial charge in [0.1, 0.15) is 0 Å². The number of nitrogens with zero attached hydrogens (tertiary/aromatic N) is 1. The van der Waals surface area contributed by atoms with Crippen LogP contribution in [0.3, 0.4) is 0 Å². The standard InChI is InChI=1S/C15H15ClN2O2/c1-11(12-5-3-2-4-6-12)18(20)15(19)17-14-9-7-13(16)8-10-14/h2-11,20H,1H3,(H,17,19). The molecule has 0 fully saturated rings. The van der Waals surface area contributed by atoms with Crippen LogP contribution in [-0.2, 0) is 0 Å². The summed E-state index contributed by atoms with van der Waals surface area (Å²) in [5, 5.41) is 13.8. The predicted molar refractivity (Wildman–Crippen MR) is 79.0 cm³/mol. The third-order valence-electron chi connectivity index (χ3n) is 2.95. The molecule has 4 nitrogen and oxygen atoms in total. The van der Waals surface area contributed by atoms with Gasteiger partial charge in [0.25, 0.3) is 0 Å². The van der Waals surface area contributed by atoms with Crippen molar-refractivity contribution >= 4 is 23.3 Å². The van der Waals surface area contributed by atoms with E-state index in [4.69, 9.17) is 11.6 Å². The van der Waals surface area contributed by atoms with Gasteiger partial charge in [-0.05, 0) is 36.8 Å². The topological polar surface area (TPSA) is 52.6 Å². The fourth-order valence-electron chi connectivity index (χ4n) is 1.76. The molecular formula is C15H15ClN2O2. The van der Waals surface area contributed by atoms with Gasteiger partial charge >= 0.3 is 6.03 Å². The number of rotatable bonds is 3. The van der Waals surface area contributed by atoms with Crippen molar-refractivity contribution in [3.63, 3.8) is 0 Å². The molecule has 0 aromatic heterocycles. The lowest BCUT2D eigenvalue weighted by molar-refractivity contribution is -0.0690. The van der Waals surface area contributed by atoms with Gasteiger partial charge in [0, 0.05) is 10.7 Å². The van der Waals surface area contributed by atoms with E-state index in [1.165, 1.54) is 0 Å². The Hall–Kier alpha value is -2.04. The van der Waals surface area contributed by atoms with Crippen LogP contribution in [0.2, 0.25) is 5.02 Å². The van der Waals surface area contributed by atoms with Crippen LogP contribution in [0.5, 0.6) is 0 Å². The Kier molecular flexibility index (Phi) is 4.61. The van der Waals surface area contributed by atoms with Gasteiger partial charge in [0.2, 0.25) is 0 Å². The summed E-state index contributed by atoms with van der Waals surface area (Å²) in [5.74, 6) is 0. The SMILES string of the molecule is CC(c1ccccc1)N(O)C(=O)Nc1ccc(Cl)cc1. The van der Waals surface area contributed by atoms with Crippen LogP contribution >= 0.6 is 11.6 Å². The first kappa shape index (κ1) is 14.4. The molecule has 0 spiro atoms. The van der Waals surface area contributed by atoms with Crippen molar-refractivity contribution in [2.45, 2.75) is 13.0 Å². The molecule has 5 heteroatoms. The molecule has 2 aromatic rings. The molecule has 0 heterocycles. The van der Waals surface area contributed by atoms with E-state index in [1.807, 2.05) is 30.3 Å². The first-order valence-corrected chi connectivity index (χ1v) is 6.55. The predicted octanol–water partition coefficient (Wildman–Crippen LogP) is 4.32. The molecule has 0 bridgehead atoms. The van der Waals surface area contributed by atoms with E-state index in [1.54, 1.807) is 31.2 Å². The van der Waals surface area contributed by atoms with E-state index in [0.29, 0.717) is 15.8 Å². The molecular weight excluding hydrogens is 276 g/mol. The van der Waals surface area contributed by atoms with Gasteiger partial charge < -0.3 is 5.32 Å². The fourth-order valence-corrected chi connectivity index (χ4v) is 1.89. The Balaban J connectivity index is 2.03. The largest absolute Gasteiger partial charge is 0.346 e. The normalized spacial score (nSPS) is 11.8. The van der Waals surface area contributed by atoms with E-state index in [9.17, 15) is 10.0 Å². The van der Waals surface area contributed by atoms with Crippen molar-refractivity contribution in [3.05, 3.63) is 65.2 Å². The van der Waals surface area contributed by atoms with E-state index in [2.05, 4.69) is 5.32 Å². The summed E-state index contributed by atoms with van der Waals surface area (Å²) in [6.45, 7) is 1.75. The maximum Gasteiger partial charge on any atom is 0.346 e. The molecule has 1 atom stereocenters. The van der Waals surface area contributed by atoms with Crippen LogP contribution in [0.4, 0.5) is 10.5 Å². The molecule has 0 aliphatic heterocycles. The average Bonchev–Trinajstić information content (AvgIpc) is 2.49. The summed E-state index contributed by atoms with van der Waals surface area (Å²) in [4.78, 5) is 11.9. The van der Waals surface area contributed by atoms with Crippen molar-refractivity contribution < 1.29 is 10.0 Å². The highest BCUT2D eigenvalue weighted by Crippen LogP contribution is 2.19. The first-order chi connectivity index (χ1) is 9.58. The minimum absolute atomic E-state index is 0.441. The molecule has 2 amide bonds. The van der Waals surface area contributed by atoms with E-state index < -0.39 is 12.1 Å². The van der Waals surface area contributed by atoms with Gasteiger partial charge in [-0.1, -0.05) is 41.9 Å². The minimum atomic E-state index is -0.594. The highest BCUT2D eigenvalue weighted by atomic mass is 35.5. The number of hydrogen-bond donors (Lipinski definition) is 2. The molecule has 104 valence electrons. The number of hydroxylamine groups is 2. The molecule has 2 rings (SSSR count). The van der Waals surface area contributed by atoms with Gasteiger partial charge in [-0.3, -0.25) is 5.21 Å². The third-order valence-corrected chi connectivity index (χ3v) is 3.20. The maximum atomic E-state index is 11.9. The molecule has 0 radical (unpaired) electrons. The summed E-state index contributed by atoms with van der Waals surface area (Å²) >= 11 is 5.77. The van der Waals surface area contributed by atoms with Crippen LogP contribution in [0.1, 0.15) is 18.5 Å². The number of nitrogens with one attached hydrogen (secondary N) is 1. The molecule has 0 saturated carbocycles. The molecule has 1 unspecified atom stereocenters. The Morgan fingerprint density at radius 1 is 1.15 bits per heavy atom. The van der Waals surface area contributed by atoms with Crippen molar-refractivity contribution in [2.75, 3.05) is 5.32 Å². The fraction of sp³-hybridized carbons (Fsp3) is 0.133. The number of carbonyl (C=O) groups excluding carboxylic acids is 1. The lowest BCUT2D eigenvalue weighted by atomic mass is 10.1. The van der Waals surface area contributed by atoms with E-state index in [0.717, 1.165) is 5.56 Å². The van der Waals surface area contributed by atoms with Gasteiger partial charge in [-0.2, -0.15) is 5.06 Å². The zero-order chi connectivity index (χ0) is 14.5. The van der Waals surface area contributed by atoms with Crippen molar-refractivity contribution in [3.8, 4) is 0 Å². The highest BCUT2D eigenvalue weighted by Gasteiger charge is 2.19. The number of hydrogen-bond acceptors (Lipinski definition) is 2. The molecule has 0 aliphatic carbocycles. The van der Waals surface area contributed by atoms with Crippen molar-refractivity contribution in [2.24, 2.45) is 0 Å². The Morgan fingerprint density at radius 3 is 2.35 bits per heavy atom. The van der Waals surface area contributed by atoms with Gasteiger partial charge in [0.05, 0.1) is 6.04 Å². The number of urea groups is 1. The van der Waals surface area contributed by atoms with Crippen LogP contribution in [0.15, 0.2) is 54.6 Å². The second-order valence-electron chi connectivity index (χ2n) is 4.37. The average molecular weight is 291 g/mol. The van der Waals surface area contributed by atoms with Gasteiger partial charge in [0.15, 0.2) is 0 Å². The summed E-state index contributed by atoms with van der Waals surface area (Å²) in [7, 11) is 0. The minimum Gasteiger partial charge on any atom is -0.306 e. The van der Waals surface area contributed by atoms with Gasteiger partial charge in [-0.15, -0.1) is 0 Å². The second-order valence-corrected chi connectivity index (χ2v) is 4.80. The van der Waals surface area contributed by atoms with Crippen LogP contribution < -0.4 is 5.32 Å². The third kappa shape index (κ3) is 3.50. The number of carbonyl (C=O) groups is 1. The van der Waals surface area contributed by atoms with Crippen LogP contribution in [0.25, 0.3) is 0 Å². The Bertz CT molecular complexity index is 572. The smallest absolute Gasteiger partial charge is 0.306 e. The molecule has 20 heavy (non-hydrogen) atoms. The number of anilines is 1. The summed E-state index contributed by atoms with van der Waals surface area (Å²) in [6.07, 6.45) is 0. The molecule has 0 aliphatic rings.